The zero-order valence-electron chi connectivity index (χ0n) is 12.6. The van der Waals surface area contributed by atoms with Crippen molar-refractivity contribution in [3.8, 4) is 11.1 Å². The van der Waals surface area contributed by atoms with Crippen molar-refractivity contribution >= 4 is 17.8 Å². The van der Waals surface area contributed by atoms with Gasteiger partial charge in [0.05, 0.1) is 17.3 Å². The van der Waals surface area contributed by atoms with Gasteiger partial charge < -0.3 is 4.90 Å². The zero-order chi connectivity index (χ0) is 15.1. The Bertz CT molecular complexity index is 762. The number of hydrogen-bond acceptors (Lipinski definition) is 2. The number of rotatable bonds is 1. The van der Waals surface area contributed by atoms with Gasteiger partial charge >= 0.3 is 0 Å². The average Bonchev–Trinajstić information content (AvgIpc) is 2.97. The SMILES string of the molecule is Cc1ccc(-c2ccc3c(c2)C(=O)N2CCC[C@H]2C=N3)cc1. The van der Waals surface area contributed by atoms with Crippen LogP contribution in [0.1, 0.15) is 28.8 Å². The second-order valence-electron chi connectivity index (χ2n) is 6.08. The Morgan fingerprint density at radius 1 is 1.09 bits per heavy atom. The third-order valence-electron chi connectivity index (χ3n) is 4.56. The first-order valence-corrected chi connectivity index (χ1v) is 7.78. The quantitative estimate of drug-likeness (QED) is 0.782. The summed E-state index contributed by atoms with van der Waals surface area (Å²) in [6, 6.07) is 14.5. The second-order valence-corrected chi connectivity index (χ2v) is 6.08. The van der Waals surface area contributed by atoms with Crippen molar-refractivity contribution in [3.05, 3.63) is 53.6 Å². The molecule has 0 saturated carbocycles. The number of benzene rings is 2. The van der Waals surface area contributed by atoms with E-state index in [0.29, 0.717) is 0 Å². The van der Waals surface area contributed by atoms with Crippen LogP contribution >= 0.6 is 0 Å². The van der Waals surface area contributed by atoms with Crippen molar-refractivity contribution in [2.75, 3.05) is 6.54 Å². The van der Waals surface area contributed by atoms with Crippen LogP contribution in [0.2, 0.25) is 0 Å². The van der Waals surface area contributed by atoms with Gasteiger partial charge in [-0.2, -0.15) is 0 Å². The number of aliphatic imine (C=N–C) groups is 1. The molecular formula is C19H18N2O. The van der Waals surface area contributed by atoms with Crippen LogP contribution in [-0.4, -0.2) is 29.6 Å². The van der Waals surface area contributed by atoms with Gasteiger partial charge in [-0.1, -0.05) is 35.9 Å². The fourth-order valence-corrected chi connectivity index (χ4v) is 3.27. The predicted molar refractivity (Wildman–Crippen MR) is 88.8 cm³/mol. The van der Waals surface area contributed by atoms with Gasteiger partial charge in [-0.15, -0.1) is 0 Å². The highest BCUT2D eigenvalue weighted by Crippen LogP contribution is 2.32. The fourth-order valence-electron chi connectivity index (χ4n) is 3.27. The van der Waals surface area contributed by atoms with Gasteiger partial charge in [0, 0.05) is 12.8 Å². The van der Waals surface area contributed by atoms with Gasteiger partial charge in [0.25, 0.3) is 5.91 Å². The third-order valence-corrected chi connectivity index (χ3v) is 4.56. The summed E-state index contributed by atoms with van der Waals surface area (Å²) in [4.78, 5) is 19.3. The van der Waals surface area contributed by atoms with Crippen LogP contribution in [0.15, 0.2) is 47.5 Å². The number of nitrogens with zero attached hydrogens (tertiary/aromatic N) is 2. The standard InChI is InChI=1S/C19H18N2O/c1-13-4-6-14(7-5-13)15-8-9-18-17(11-15)19(22)21-10-2-3-16(21)12-20-18/h4-9,11-12,16H,2-3,10H2,1H3/t16-/m0/s1. The molecule has 4 rings (SSSR count). The number of amides is 1. The first kappa shape index (κ1) is 13.3. The number of fused-ring (bicyclic) bond motifs is 2. The van der Waals surface area contributed by atoms with Crippen molar-refractivity contribution in [1.29, 1.82) is 0 Å². The summed E-state index contributed by atoms with van der Waals surface area (Å²) >= 11 is 0. The van der Waals surface area contributed by atoms with Crippen LogP contribution in [0.4, 0.5) is 5.69 Å². The van der Waals surface area contributed by atoms with E-state index in [0.717, 1.165) is 41.8 Å². The summed E-state index contributed by atoms with van der Waals surface area (Å²) in [7, 11) is 0. The van der Waals surface area contributed by atoms with Crippen molar-refractivity contribution in [1.82, 2.24) is 4.90 Å². The maximum Gasteiger partial charge on any atom is 0.256 e. The fraction of sp³-hybridized carbons (Fsp3) is 0.263. The lowest BCUT2D eigenvalue weighted by atomic mass is 10.0. The molecule has 3 nitrogen and oxygen atoms in total. The zero-order valence-corrected chi connectivity index (χ0v) is 12.6. The molecule has 2 heterocycles. The summed E-state index contributed by atoms with van der Waals surface area (Å²) in [6.45, 7) is 2.91. The largest absolute Gasteiger partial charge is 0.331 e. The van der Waals surface area contributed by atoms with Crippen molar-refractivity contribution < 1.29 is 4.79 Å². The molecule has 0 N–H and O–H groups in total. The minimum atomic E-state index is 0.115. The molecule has 110 valence electrons. The van der Waals surface area contributed by atoms with E-state index in [4.69, 9.17) is 0 Å². The molecule has 2 aliphatic rings. The number of carbonyl (C=O) groups excluding carboxylic acids is 1. The molecule has 22 heavy (non-hydrogen) atoms. The average molecular weight is 290 g/mol. The van der Waals surface area contributed by atoms with Crippen LogP contribution in [0, 0.1) is 6.92 Å². The smallest absolute Gasteiger partial charge is 0.256 e. The molecule has 0 aliphatic carbocycles. The molecule has 1 saturated heterocycles. The van der Waals surface area contributed by atoms with Crippen LogP contribution in [0.25, 0.3) is 11.1 Å². The summed E-state index contributed by atoms with van der Waals surface area (Å²) < 4.78 is 0. The van der Waals surface area contributed by atoms with Gasteiger partial charge in [0.15, 0.2) is 0 Å². The van der Waals surface area contributed by atoms with Gasteiger partial charge in [-0.3, -0.25) is 9.79 Å². The molecule has 3 heteroatoms. The first-order valence-electron chi connectivity index (χ1n) is 7.78. The Hall–Kier alpha value is -2.42. The number of hydrogen-bond donors (Lipinski definition) is 0. The lowest BCUT2D eigenvalue weighted by molar-refractivity contribution is 0.0775. The second kappa shape index (κ2) is 5.09. The van der Waals surface area contributed by atoms with Crippen LogP contribution in [0.3, 0.4) is 0 Å². The summed E-state index contributed by atoms with van der Waals surface area (Å²) in [5, 5.41) is 0. The molecule has 1 atom stereocenters. The topological polar surface area (TPSA) is 32.7 Å². The highest BCUT2D eigenvalue weighted by molar-refractivity contribution is 6.03. The van der Waals surface area contributed by atoms with Crippen molar-refractivity contribution in [3.63, 3.8) is 0 Å². The van der Waals surface area contributed by atoms with Gasteiger partial charge in [0.1, 0.15) is 0 Å². The van der Waals surface area contributed by atoms with Gasteiger partial charge in [-0.25, -0.2) is 0 Å². The summed E-state index contributed by atoms with van der Waals surface area (Å²) in [5.74, 6) is 0.115. The van der Waals surface area contributed by atoms with E-state index < -0.39 is 0 Å². The van der Waals surface area contributed by atoms with E-state index in [1.165, 1.54) is 5.56 Å². The lowest BCUT2D eigenvalue weighted by Gasteiger charge is -2.20. The molecule has 0 aromatic heterocycles. The Balaban J connectivity index is 1.78. The molecule has 0 spiro atoms. The first-order chi connectivity index (χ1) is 10.7. The normalized spacial score (nSPS) is 19.8. The summed E-state index contributed by atoms with van der Waals surface area (Å²) in [6.07, 6.45) is 4.02. The Morgan fingerprint density at radius 2 is 1.86 bits per heavy atom. The molecule has 2 aromatic carbocycles. The molecule has 0 bridgehead atoms. The molecule has 0 radical (unpaired) electrons. The summed E-state index contributed by atoms with van der Waals surface area (Å²) in [5.41, 5.74) is 4.94. The van der Waals surface area contributed by atoms with Gasteiger partial charge in [-0.05, 0) is 43.0 Å². The van der Waals surface area contributed by atoms with Crippen molar-refractivity contribution in [2.45, 2.75) is 25.8 Å². The monoisotopic (exact) mass is 290 g/mol. The third kappa shape index (κ3) is 2.13. The molecule has 2 aliphatic heterocycles. The van der Waals surface area contributed by atoms with Crippen LogP contribution in [0.5, 0.6) is 0 Å². The molecule has 0 unspecified atom stereocenters. The maximum absolute atomic E-state index is 12.8. The van der Waals surface area contributed by atoms with Gasteiger partial charge in [0.2, 0.25) is 0 Å². The van der Waals surface area contributed by atoms with E-state index in [-0.39, 0.29) is 11.9 Å². The van der Waals surface area contributed by atoms with Crippen molar-refractivity contribution in [2.24, 2.45) is 4.99 Å². The van der Waals surface area contributed by atoms with E-state index in [2.05, 4.69) is 36.2 Å². The number of aryl methyl sites for hydroxylation is 1. The van der Waals surface area contributed by atoms with E-state index >= 15 is 0 Å². The minimum absolute atomic E-state index is 0.115. The molecule has 2 aromatic rings. The Morgan fingerprint density at radius 3 is 2.68 bits per heavy atom. The Kier molecular flexibility index (Phi) is 3.07. The van der Waals surface area contributed by atoms with Crippen LogP contribution in [-0.2, 0) is 0 Å². The van der Waals surface area contributed by atoms with E-state index in [1.807, 2.05) is 29.3 Å². The minimum Gasteiger partial charge on any atom is -0.331 e. The molecular weight excluding hydrogens is 272 g/mol. The van der Waals surface area contributed by atoms with E-state index in [1.54, 1.807) is 0 Å². The highest BCUT2D eigenvalue weighted by atomic mass is 16.2. The number of carbonyl (C=O) groups is 1. The maximum atomic E-state index is 12.8. The van der Waals surface area contributed by atoms with E-state index in [9.17, 15) is 4.79 Å². The lowest BCUT2D eigenvalue weighted by Crippen LogP contribution is -2.35. The molecule has 1 amide bonds. The predicted octanol–water partition coefficient (Wildman–Crippen LogP) is 3.98. The molecule has 1 fully saturated rings. The Labute approximate surface area is 130 Å². The van der Waals surface area contributed by atoms with Crippen LogP contribution < -0.4 is 0 Å². The highest BCUT2D eigenvalue weighted by Gasteiger charge is 2.31.